The molecule has 1 heteroatoms. The van der Waals surface area contributed by atoms with Gasteiger partial charge < -0.3 is 4.57 Å². The summed E-state index contributed by atoms with van der Waals surface area (Å²) in [4.78, 5) is 0. The first kappa shape index (κ1) is 9.37. The molecule has 0 unspecified atom stereocenters. The van der Waals surface area contributed by atoms with Gasteiger partial charge >= 0.3 is 0 Å². The molecule has 1 aromatic heterocycles. The van der Waals surface area contributed by atoms with E-state index in [0.29, 0.717) is 17.9 Å². The molecule has 0 saturated carbocycles. The monoisotopic (exact) mass is 165 g/mol. The summed E-state index contributed by atoms with van der Waals surface area (Å²) in [5, 5.41) is 0. The maximum absolute atomic E-state index is 2.31. The minimum Gasteiger partial charge on any atom is -0.351 e. The van der Waals surface area contributed by atoms with Gasteiger partial charge in [-0.15, -0.1) is 0 Å². The van der Waals surface area contributed by atoms with E-state index < -0.39 is 0 Å². The standard InChI is InChI=1S/C11H19N/c1-9(2)11(10(3)4)12-7-5-6-8-12/h5-11H,1-4H3. The van der Waals surface area contributed by atoms with Crippen molar-refractivity contribution >= 4 is 0 Å². The van der Waals surface area contributed by atoms with E-state index in [-0.39, 0.29) is 0 Å². The van der Waals surface area contributed by atoms with E-state index in [1.54, 1.807) is 0 Å². The molecule has 0 fully saturated rings. The molecular formula is C11H19N. The van der Waals surface area contributed by atoms with E-state index in [4.69, 9.17) is 0 Å². The highest BCUT2D eigenvalue weighted by molar-refractivity contribution is 4.94. The van der Waals surface area contributed by atoms with Gasteiger partial charge in [0.25, 0.3) is 0 Å². The van der Waals surface area contributed by atoms with Crippen LogP contribution in [0, 0.1) is 11.8 Å². The first-order valence-electron chi connectivity index (χ1n) is 4.75. The predicted octanol–water partition coefficient (Wildman–Crippen LogP) is 3.34. The lowest BCUT2D eigenvalue weighted by molar-refractivity contribution is 0.288. The zero-order chi connectivity index (χ0) is 9.14. The van der Waals surface area contributed by atoms with Gasteiger partial charge in [0.2, 0.25) is 0 Å². The van der Waals surface area contributed by atoms with Crippen LogP contribution in [0.3, 0.4) is 0 Å². The first-order chi connectivity index (χ1) is 5.63. The molecule has 0 spiro atoms. The summed E-state index contributed by atoms with van der Waals surface area (Å²) >= 11 is 0. The smallest absolute Gasteiger partial charge is 0.0376 e. The largest absolute Gasteiger partial charge is 0.351 e. The van der Waals surface area contributed by atoms with Crippen LogP contribution in [-0.4, -0.2) is 4.57 Å². The number of aromatic nitrogens is 1. The Morgan fingerprint density at radius 1 is 0.833 bits per heavy atom. The van der Waals surface area contributed by atoms with Crippen LogP contribution in [0.5, 0.6) is 0 Å². The second-order valence-electron chi connectivity index (χ2n) is 4.11. The molecule has 0 N–H and O–H groups in total. The molecule has 1 aromatic rings. The molecule has 0 aliphatic carbocycles. The van der Waals surface area contributed by atoms with Crippen molar-refractivity contribution in [3.8, 4) is 0 Å². The van der Waals surface area contributed by atoms with Gasteiger partial charge in [-0.05, 0) is 24.0 Å². The van der Waals surface area contributed by atoms with Crippen molar-refractivity contribution in [1.82, 2.24) is 4.57 Å². The Bertz CT molecular complexity index is 201. The van der Waals surface area contributed by atoms with E-state index in [0.717, 1.165) is 0 Å². The summed E-state index contributed by atoms with van der Waals surface area (Å²) < 4.78 is 2.31. The summed E-state index contributed by atoms with van der Waals surface area (Å²) in [5.74, 6) is 1.41. The average Bonchev–Trinajstić information content (AvgIpc) is 2.37. The average molecular weight is 165 g/mol. The third kappa shape index (κ3) is 1.90. The fourth-order valence-electron chi connectivity index (χ4n) is 2.00. The van der Waals surface area contributed by atoms with Crippen molar-refractivity contribution < 1.29 is 0 Å². The van der Waals surface area contributed by atoms with Gasteiger partial charge in [0, 0.05) is 18.4 Å². The molecule has 0 aromatic carbocycles. The zero-order valence-electron chi connectivity index (χ0n) is 8.49. The third-order valence-corrected chi connectivity index (χ3v) is 2.34. The molecule has 0 amide bonds. The third-order valence-electron chi connectivity index (χ3n) is 2.34. The molecule has 0 atom stereocenters. The minimum absolute atomic E-state index is 0.639. The number of hydrogen-bond donors (Lipinski definition) is 0. The molecule has 0 aliphatic rings. The fourth-order valence-corrected chi connectivity index (χ4v) is 2.00. The van der Waals surface area contributed by atoms with Gasteiger partial charge in [-0.25, -0.2) is 0 Å². The van der Waals surface area contributed by atoms with Gasteiger partial charge in [0.15, 0.2) is 0 Å². The van der Waals surface area contributed by atoms with Crippen LogP contribution in [0.4, 0.5) is 0 Å². The molecule has 1 rings (SSSR count). The van der Waals surface area contributed by atoms with Crippen LogP contribution in [0.25, 0.3) is 0 Å². The number of rotatable bonds is 3. The molecule has 1 heterocycles. The first-order valence-corrected chi connectivity index (χ1v) is 4.75. The van der Waals surface area contributed by atoms with Crippen LogP contribution >= 0.6 is 0 Å². The molecule has 68 valence electrons. The lowest BCUT2D eigenvalue weighted by atomic mass is 9.93. The molecule has 0 radical (unpaired) electrons. The van der Waals surface area contributed by atoms with Crippen LogP contribution in [0.15, 0.2) is 24.5 Å². The Hall–Kier alpha value is -0.720. The molecular weight excluding hydrogens is 146 g/mol. The van der Waals surface area contributed by atoms with Crippen molar-refractivity contribution in [2.75, 3.05) is 0 Å². The molecule has 0 saturated heterocycles. The van der Waals surface area contributed by atoms with Gasteiger partial charge in [0.1, 0.15) is 0 Å². The van der Waals surface area contributed by atoms with Crippen molar-refractivity contribution in [3.63, 3.8) is 0 Å². The van der Waals surface area contributed by atoms with E-state index >= 15 is 0 Å². The summed E-state index contributed by atoms with van der Waals surface area (Å²) in [5.41, 5.74) is 0. The number of hydrogen-bond acceptors (Lipinski definition) is 0. The highest BCUT2D eigenvalue weighted by Gasteiger charge is 2.17. The van der Waals surface area contributed by atoms with E-state index in [9.17, 15) is 0 Å². The zero-order valence-corrected chi connectivity index (χ0v) is 8.49. The van der Waals surface area contributed by atoms with Crippen molar-refractivity contribution in [1.29, 1.82) is 0 Å². The van der Waals surface area contributed by atoms with E-state index in [1.807, 2.05) is 0 Å². The summed E-state index contributed by atoms with van der Waals surface area (Å²) in [7, 11) is 0. The van der Waals surface area contributed by atoms with Gasteiger partial charge in [-0.2, -0.15) is 0 Å². The molecule has 12 heavy (non-hydrogen) atoms. The predicted molar refractivity (Wildman–Crippen MR) is 53.1 cm³/mol. The SMILES string of the molecule is CC(C)C(C(C)C)n1cccc1. The maximum Gasteiger partial charge on any atom is 0.0376 e. The Balaban J connectivity index is 2.81. The second-order valence-corrected chi connectivity index (χ2v) is 4.11. The Morgan fingerprint density at radius 3 is 1.58 bits per heavy atom. The fraction of sp³-hybridized carbons (Fsp3) is 0.636. The van der Waals surface area contributed by atoms with Crippen molar-refractivity contribution in [3.05, 3.63) is 24.5 Å². The van der Waals surface area contributed by atoms with Crippen molar-refractivity contribution in [2.24, 2.45) is 11.8 Å². The van der Waals surface area contributed by atoms with Crippen LogP contribution in [-0.2, 0) is 0 Å². The summed E-state index contributed by atoms with van der Waals surface area (Å²) in [6.45, 7) is 9.13. The minimum atomic E-state index is 0.639. The molecule has 0 bridgehead atoms. The Morgan fingerprint density at radius 2 is 1.25 bits per heavy atom. The topological polar surface area (TPSA) is 4.93 Å². The summed E-state index contributed by atoms with van der Waals surface area (Å²) in [6.07, 6.45) is 4.31. The normalized spacial score (nSPS) is 11.9. The second kappa shape index (κ2) is 3.79. The van der Waals surface area contributed by atoms with E-state index in [1.165, 1.54) is 0 Å². The van der Waals surface area contributed by atoms with Gasteiger partial charge in [-0.1, -0.05) is 27.7 Å². The number of nitrogens with zero attached hydrogens (tertiary/aromatic N) is 1. The van der Waals surface area contributed by atoms with E-state index in [2.05, 4.69) is 56.8 Å². The molecule has 1 nitrogen and oxygen atoms in total. The molecule has 0 aliphatic heterocycles. The lowest BCUT2D eigenvalue weighted by Gasteiger charge is -2.26. The Labute approximate surface area is 75.4 Å². The van der Waals surface area contributed by atoms with Crippen molar-refractivity contribution in [2.45, 2.75) is 33.7 Å². The van der Waals surface area contributed by atoms with Crippen LogP contribution < -0.4 is 0 Å². The van der Waals surface area contributed by atoms with Crippen LogP contribution in [0.1, 0.15) is 33.7 Å². The maximum atomic E-state index is 2.31. The van der Waals surface area contributed by atoms with Crippen LogP contribution in [0.2, 0.25) is 0 Å². The highest BCUT2D eigenvalue weighted by atomic mass is 15.0. The quantitative estimate of drug-likeness (QED) is 0.647. The van der Waals surface area contributed by atoms with Gasteiger partial charge in [0.05, 0.1) is 0 Å². The lowest BCUT2D eigenvalue weighted by Crippen LogP contribution is -2.19. The Kier molecular flexibility index (Phi) is 2.96. The van der Waals surface area contributed by atoms with Gasteiger partial charge in [-0.3, -0.25) is 0 Å². The summed E-state index contributed by atoms with van der Waals surface area (Å²) in [6, 6.07) is 4.83. The highest BCUT2D eigenvalue weighted by Crippen LogP contribution is 2.25.